The lowest BCUT2D eigenvalue weighted by molar-refractivity contribution is 0.261. The van der Waals surface area contributed by atoms with Crippen LogP contribution in [0.3, 0.4) is 0 Å². The first-order valence-corrected chi connectivity index (χ1v) is 6.64. The van der Waals surface area contributed by atoms with Crippen molar-refractivity contribution in [2.45, 2.75) is 13.2 Å². The molecule has 1 N–H and O–H groups in total. The Kier molecular flexibility index (Phi) is 3.44. The summed E-state index contributed by atoms with van der Waals surface area (Å²) in [6, 6.07) is 16.0. The average Bonchev–Trinajstić information content (AvgIpc) is 2.87. The second-order valence-electron chi connectivity index (χ2n) is 4.85. The molecule has 3 rings (SSSR count). The van der Waals surface area contributed by atoms with Crippen LogP contribution >= 0.6 is 0 Å². The zero-order valence-electron chi connectivity index (χ0n) is 11.4. The molecule has 2 aromatic carbocycles. The molecule has 1 heterocycles. The summed E-state index contributed by atoms with van der Waals surface area (Å²) in [5, 5.41) is 10.5. The topological polar surface area (TPSA) is 34.4 Å². The third-order valence-corrected chi connectivity index (χ3v) is 3.50. The molecule has 0 aliphatic carbocycles. The van der Waals surface area contributed by atoms with Crippen molar-refractivity contribution in [3.63, 3.8) is 0 Å². The molecule has 1 aromatic heterocycles. The third-order valence-electron chi connectivity index (χ3n) is 3.50. The number of fused-ring (bicyclic) bond motifs is 1. The Hall–Kier alpha value is -2.26. The smallest absolute Gasteiger partial charge is 0.134 e. The number of aromatic nitrogens is 1. The van der Waals surface area contributed by atoms with E-state index in [0.29, 0.717) is 6.61 Å². The molecule has 3 aromatic rings. The third kappa shape index (κ3) is 2.28. The first-order valence-electron chi connectivity index (χ1n) is 6.64. The molecule has 0 unspecified atom stereocenters. The van der Waals surface area contributed by atoms with E-state index in [1.165, 1.54) is 0 Å². The molecule has 0 atom stereocenters. The van der Waals surface area contributed by atoms with Gasteiger partial charge in [0.2, 0.25) is 0 Å². The molecule has 0 aliphatic heterocycles. The van der Waals surface area contributed by atoms with Crippen LogP contribution < -0.4 is 4.74 Å². The molecule has 0 radical (unpaired) electrons. The Morgan fingerprint density at radius 3 is 2.60 bits per heavy atom. The van der Waals surface area contributed by atoms with Crippen LogP contribution in [-0.4, -0.2) is 9.67 Å². The van der Waals surface area contributed by atoms with E-state index in [1.54, 1.807) is 0 Å². The molecule has 0 spiro atoms. The van der Waals surface area contributed by atoms with Gasteiger partial charge in [-0.05, 0) is 17.7 Å². The minimum absolute atomic E-state index is 0.0189. The average molecular weight is 267 g/mol. The van der Waals surface area contributed by atoms with Crippen LogP contribution in [0.2, 0.25) is 0 Å². The van der Waals surface area contributed by atoms with Gasteiger partial charge in [0.25, 0.3) is 0 Å². The van der Waals surface area contributed by atoms with Crippen molar-refractivity contribution < 1.29 is 9.84 Å². The minimum atomic E-state index is -0.0189. The lowest BCUT2D eigenvalue weighted by atomic mass is 10.1. The van der Waals surface area contributed by atoms with Gasteiger partial charge in [-0.1, -0.05) is 36.4 Å². The van der Waals surface area contributed by atoms with Gasteiger partial charge in [-0.25, -0.2) is 0 Å². The van der Waals surface area contributed by atoms with E-state index in [-0.39, 0.29) is 6.61 Å². The maximum atomic E-state index is 9.50. The van der Waals surface area contributed by atoms with Crippen LogP contribution in [0.25, 0.3) is 10.9 Å². The zero-order chi connectivity index (χ0) is 13.9. The highest BCUT2D eigenvalue weighted by atomic mass is 16.5. The Bertz CT molecular complexity index is 716. The fourth-order valence-corrected chi connectivity index (χ4v) is 2.39. The van der Waals surface area contributed by atoms with E-state index >= 15 is 0 Å². The molecule has 3 heteroatoms. The van der Waals surface area contributed by atoms with Crippen molar-refractivity contribution in [1.29, 1.82) is 0 Å². The van der Waals surface area contributed by atoms with Crippen LogP contribution in [0.15, 0.2) is 54.7 Å². The summed E-state index contributed by atoms with van der Waals surface area (Å²) in [6.07, 6.45) is 2.00. The Balaban J connectivity index is 1.96. The maximum Gasteiger partial charge on any atom is 0.134 e. The standard InChI is InChI=1S/C17H17NO2/c1-18-10-9-15-16(18)8-7-14(11-19)17(15)20-12-13-5-3-2-4-6-13/h2-10,19H,11-12H2,1H3. The molecule has 0 fully saturated rings. The van der Waals surface area contributed by atoms with Crippen molar-refractivity contribution >= 4 is 10.9 Å². The summed E-state index contributed by atoms with van der Waals surface area (Å²) in [5.74, 6) is 0.773. The van der Waals surface area contributed by atoms with Crippen molar-refractivity contribution in [3.05, 3.63) is 65.9 Å². The van der Waals surface area contributed by atoms with E-state index in [4.69, 9.17) is 4.74 Å². The Morgan fingerprint density at radius 2 is 1.85 bits per heavy atom. The number of hydrogen-bond acceptors (Lipinski definition) is 2. The fraction of sp³-hybridized carbons (Fsp3) is 0.176. The molecular weight excluding hydrogens is 250 g/mol. The van der Waals surface area contributed by atoms with Gasteiger partial charge in [-0.3, -0.25) is 0 Å². The van der Waals surface area contributed by atoms with Gasteiger partial charge in [-0.2, -0.15) is 0 Å². The molecule has 102 valence electrons. The number of aliphatic hydroxyl groups is 1. The second kappa shape index (κ2) is 5.39. The maximum absolute atomic E-state index is 9.50. The van der Waals surface area contributed by atoms with E-state index in [2.05, 4.69) is 0 Å². The first kappa shape index (κ1) is 12.8. The highest BCUT2D eigenvalue weighted by Crippen LogP contribution is 2.31. The largest absolute Gasteiger partial charge is 0.488 e. The normalized spacial score (nSPS) is 10.9. The number of benzene rings is 2. The number of aliphatic hydroxyl groups excluding tert-OH is 1. The van der Waals surface area contributed by atoms with Crippen LogP contribution in [0.4, 0.5) is 0 Å². The second-order valence-corrected chi connectivity index (χ2v) is 4.85. The van der Waals surface area contributed by atoms with Gasteiger partial charge < -0.3 is 14.4 Å². The molecule has 3 nitrogen and oxygen atoms in total. The predicted octanol–water partition coefficient (Wildman–Crippen LogP) is 3.25. The van der Waals surface area contributed by atoms with Gasteiger partial charge in [0.05, 0.1) is 12.1 Å². The summed E-state index contributed by atoms with van der Waals surface area (Å²) in [7, 11) is 2.00. The zero-order valence-corrected chi connectivity index (χ0v) is 11.4. The lowest BCUT2D eigenvalue weighted by Gasteiger charge is -2.12. The lowest BCUT2D eigenvalue weighted by Crippen LogP contribution is -1.99. The first-order chi connectivity index (χ1) is 9.79. The highest BCUT2D eigenvalue weighted by Gasteiger charge is 2.10. The number of ether oxygens (including phenoxy) is 1. The molecule has 20 heavy (non-hydrogen) atoms. The van der Waals surface area contributed by atoms with Gasteiger partial charge in [0.15, 0.2) is 0 Å². The van der Waals surface area contributed by atoms with Crippen LogP contribution in [0.5, 0.6) is 5.75 Å². The van der Waals surface area contributed by atoms with Gasteiger partial charge in [-0.15, -0.1) is 0 Å². The van der Waals surface area contributed by atoms with Crippen LogP contribution in [0, 0.1) is 0 Å². The summed E-state index contributed by atoms with van der Waals surface area (Å²) in [5.41, 5.74) is 3.04. The van der Waals surface area contributed by atoms with Crippen molar-refractivity contribution in [2.75, 3.05) is 0 Å². The molecule has 0 saturated carbocycles. The predicted molar refractivity (Wildman–Crippen MR) is 79.6 cm³/mol. The minimum Gasteiger partial charge on any atom is -0.488 e. The SMILES string of the molecule is Cn1ccc2c(OCc3ccccc3)c(CO)ccc21. The molecule has 0 saturated heterocycles. The molecule has 0 bridgehead atoms. The van der Waals surface area contributed by atoms with Crippen LogP contribution in [0.1, 0.15) is 11.1 Å². The summed E-state index contributed by atoms with van der Waals surface area (Å²) in [4.78, 5) is 0. The number of hydrogen-bond donors (Lipinski definition) is 1. The van der Waals surface area contributed by atoms with Gasteiger partial charge in [0, 0.05) is 24.2 Å². The quantitative estimate of drug-likeness (QED) is 0.787. The van der Waals surface area contributed by atoms with Gasteiger partial charge >= 0.3 is 0 Å². The van der Waals surface area contributed by atoms with Crippen molar-refractivity contribution in [2.24, 2.45) is 7.05 Å². The van der Waals surface area contributed by atoms with Gasteiger partial charge in [0.1, 0.15) is 12.4 Å². The highest BCUT2D eigenvalue weighted by molar-refractivity contribution is 5.87. The van der Waals surface area contributed by atoms with Crippen LogP contribution in [-0.2, 0) is 20.3 Å². The molecule has 0 aliphatic rings. The van der Waals surface area contributed by atoms with E-state index < -0.39 is 0 Å². The Labute approximate surface area is 118 Å². The number of aryl methyl sites for hydroxylation is 1. The summed E-state index contributed by atoms with van der Waals surface area (Å²) >= 11 is 0. The van der Waals surface area contributed by atoms with Crippen molar-refractivity contribution in [1.82, 2.24) is 4.57 Å². The van der Waals surface area contributed by atoms with E-state index in [1.807, 2.05) is 66.3 Å². The summed E-state index contributed by atoms with van der Waals surface area (Å²) in [6.45, 7) is 0.483. The Morgan fingerprint density at radius 1 is 1.05 bits per heavy atom. The number of rotatable bonds is 4. The monoisotopic (exact) mass is 267 g/mol. The van der Waals surface area contributed by atoms with E-state index in [9.17, 15) is 5.11 Å². The molecular formula is C17H17NO2. The number of nitrogens with zero attached hydrogens (tertiary/aromatic N) is 1. The van der Waals surface area contributed by atoms with Crippen molar-refractivity contribution in [3.8, 4) is 5.75 Å². The summed E-state index contributed by atoms with van der Waals surface area (Å²) < 4.78 is 8.01. The van der Waals surface area contributed by atoms with E-state index in [0.717, 1.165) is 27.8 Å². The fourth-order valence-electron chi connectivity index (χ4n) is 2.39. The molecule has 0 amide bonds.